The molecule has 1 aromatic rings. The second-order valence-electron chi connectivity index (χ2n) is 4.23. The Morgan fingerprint density at radius 1 is 1.30 bits per heavy atom. The maximum Gasteiger partial charge on any atom is 0.338 e. The van der Waals surface area contributed by atoms with E-state index in [1.807, 2.05) is 6.92 Å². The van der Waals surface area contributed by atoms with Crippen molar-refractivity contribution in [2.75, 3.05) is 13.7 Å². The van der Waals surface area contributed by atoms with Gasteiger partial charge in [0.25, 0.3) is 9.05 Å². The summed E-state index contributed by atoms with van der Waals surface area (Å²) >= 11 is 0. The van der Waals surface area contributed by atoms with Gasteiger partial charge in [-0.1, -0.05) is 13.3 Å². The average molecular weight is 321 g/mol. The lowest BCUT2D eigenvalue weighted by atomic mass is 10.1. The Morgan fingerprint density at radius 2 is 2.00 bits per heavy atom. The quantitative estimate of drug-likeness (QED) is 0.439. The summed E-state index contributed by atoms with van der Waals surface area (Å²) in [6.07, 6.45) is 1.66. The first-order valence-electron chi connectivity index (χ1n) is 6.13. The molecule has 0 spiro atoms. The monoisotopic (exact) mass is 320 g/mol. The fourth-order valence-corrected chi connectivity index (χ4v) is 2.39. The minimum atomic E-state index is -3.92. The highest BCUT2D eigenvalue weighted by Gasteiger charge is 2.16. The molecular formula is C13H17ClO5S. The predicted octanol–water partition coefficient (Wildman–Crippen LogP) is 2.72. The first-order valence-corrected chi connectivity index (χ1v) is 8.44. The molecule has 0 N–H and O–H groups in total. The molecule has 0 radical (unpaired) electrons. The van der Waals surface area contributed by atoms with Crippen LogP contribution in [0, 0.1) is 0 Å². The Labute approximate surface area is 123 Å². The molecule has 20 heavy (non-hydrogen) atoms. The maximum atomic E-state index is 11.9. The van der Waals surface area contributed by atoms with Crippen molar-refractivity contribution >= 4 is 25.7 Å². The van der Waals surface area contributed by atoms with Crippen molar-refractivity contribution in [2.45, 2.75) is 31.3 Å². The third kappa shape index (κ3) is 5.11. The zero-order valence-corrected chi connectivity index (χ0v) is 13.0. The molecule has 1 aromatic carbocycles. The summed E-state index contributed by atoms with van der Waals surface area (Å²) in [5.74, 6) is -0.571. The zero-order chi connectivity index (χ0) is 15.2. The van der Waals surface area contributed by atoms with E-state index in [0.717, 1.165) is 12.8 Å². The van der Waals surface area contributed by atoms with Gasteiger partial charge in [-0.15, -0.1) is 0 Å². The van der Waals surface area contributed by atoms with Crippen LogP contribution in [-0.4, -0.2) is 28.1 Å². The van der Waals surface area contributed by atoms with E-state index >= 15 is 0 Å². The molecule has 0 unspecified atom stereocenters. The van der Waals surface area contributed by atoms with Gasteiger partial charge in [0.2, 0.25) is 0 Å². The molecule has 112 valence electrons. The van der Waals surface area contributed by atoms with Gasteiger partial charge in [-0.3, -0.25) is 0 Å². The molecule has 0 fully saturated rings. The van der Waals surface area contributed by atoms with Crippen LogP contribution in [-0.2, 0) is 25.1 Å². The van der Waals surface area contributed by atoms with Crippen LogP contribution in [0.5, 0.6) is 0 Å². The van der Waals surface area contributed by atoms with E-state index in [1.54, 1.807) is 0 Å². The summed E-state index contributed by atoms with van der Waals surface area (Å²) in [5.41, 5.74) is 0.687. The van der Waals surface area contributed by atoms with Crippen molar-refractivity contribution in [1.29, 1.82) is 0 Å². The smallest absolute Gasteiger partial charge is 0.338 e. The summed E-state index contributed by atoms with van der Waals surface area (Å²) in [7, 11) is 2.87. The van der Waals surface area contributed by atoms with E-state index in [4.69, 9.17) is 20.2 Å². The van der Waals surface area contributed by atoms with Gasteiger partial charge in [0.15, 0.2) is 0 Å². The van der Waals surface area contributed by atoms with Crippen LogP contribution in [0.4, 0.5) is 0 Å². The second-order valence-corrected chi connectivity index (χ2v) is 6.79. The third-order valence-corrected chi connectivity index (χ3v) is 3.86. The minimum absolute atomic E-state index is 0.142. The number of methoxy groups -OCH3 is 1. The van der Waals surface area contributed by atoms with Crippen LogP contribution in [0.3, 0.4) is 0 Å². The van der Waals surface area contributed by atoms with Crippen LogP contribution in [0.25, 0.3) is 0 Å². The first-order chi connectivity index (χ1) is 9.38. The number of benzene rings is 1. The lowest BCUT2D eigenvalue weighted by Gasteiger charge is -2.08. The molecule has 0 heterocycles. The molecule has 0 aliphatic heterocycles. The highest BCUT2D eigenvalue weighted by atomic mass is 35.7. The highest BCUT2D eigenvalue weighted by Crippen LogP contribution is 2.20. The van der Waals surface area contributed by atoms with Crippen molar-refractivity contribution in [1.82, 2.24) is 0 Å². The van der Waals surface area contributed by atoms with E-state index in [1.165, 1.54) is 25.3 Å². The minimum Gasteiger partial charge on any atom is -0.462 e. The average Bonchev–Trinajstić information content (AvgIpc) is 2.38. The Morgan fingerprint density at radius 3 is 2.55 bits per heavy atom. The number of rotatable bonds is 7. The second kappa shape index (κ2) is 7.61. The van der Waals surface area contributed by atoms with Crippen LogP contribution in [0.2, 0.25) is 0 Å². The Balaban J connectivity index is 3.05. The number of carbonyl (C=O) groups excluding carboxylic acids is 1. The van der Waals surface area contributed by atoms with Crippen molar-refractivity contribution in [3.63, 3.8) is 0 Å². The molecule has 7 heteroatoms. The molecule has 0 atom stereocenters. The van der Waals surface area contributed by atoms with E-state index in [9.17, 15) is 13.2 Å². The molecule has 1 rings (SSSR count). The molecule has 0 aromatic heterocycles. The van der Waals surface area contributed by atoms with Crippen LogP contribution >= 0.6 is 10.7 Å². The molecule has 0 aliphatic rings. The predicted molar refractivity (Wildman–Crippen MR) is 75.4 cm³/mol. The van der Waals surface area contributed by atoms with Gasteiger partial charge < -0.3 is 9.47 Å². The number of ether oxygens (including phenoxy) is 2. The fourth-order valence-electron chi connectivity index (χ4n) is 1.56. The standard InChI is InChI=1S/C13H17ClO5S/c1-3-4-5-19-13(15)11-6-10(9-18-2)7-12(8-11)20(14,16)17/h6-8H,3-5,9H2,1-2H3. The van der Waals surface area contributed by atoms with E-state index in [2.05, 4.69) is 0 Å². The van der Waals surface area contributed by atoms with Crippen molar-refractivity contribution in [3.05, 3.63) is 29.3 Å². The van der Waals surface area contributed by atoms with Crippen molar-refractivity contribution < 1.29 is 22.7 Å². The van der Waals surface area contributed by atoms with E-state index < -0.39 is 15.0 Å². The topological polar surface area (TPSA) is 69.7 Å². The normalized spacial score (nSPS) is 11.3. The lowest BCUT2D eigenvalue weighted by Crippen LogP contribution is -2.08. The van der Waals surface area contributed by atoms with Crippen LogP contribution < -0.4 is 0 Å². The number of hydrogen-bond donors (Lipinski definition) is 0. The molecular weight excluding hydrogens is 304 g/mol. The van der Waals surface area contributed by atoms with Gasteiger partial charge in [0, 0.05) is 17.8 Å². The Bertz CT molecular complexity index is 568. The van der Waals surface area contributed by atoms with Gasteiger partial charge >= 0.3 is 5.97 Å². The zero-order valence-electron chi connectivity index (χ0n) is 11.4. The van der Waals surface area contributed by atoms with Gasteiger partial charge in [-0.05, 0) is 30.2 Å². The number of hydrogen-bond acceptors (Lipinski definition) is 5. The van der Waals surface area contributed by atoms with Gasteiger partial charge in [-0.25, -0.2) is 13.2 Å². The van der Waals surface area contributed by atoms with Gasteiger partial charge in [0.05, 0.1) is 23.7 Å². The van der Waals surface area contributed by atoms with Crippen LogP contribution in [0.1, 0.15) is 35.7 Å². The van der Waals surface area contributed by atoms with Crippen molar-refractivity contribution in [3.8, 4) is 0 Å². The molecule has 0 aliphatic carbocycles. The van der Waals surface area contributed by atoms with Crippen molar-refractivity contribution in [2.24, 2.45) is 0 Å². The fraction of sp³-hybridized carbons (Fsp3) is 0.462. The van der Waals surface area contributed by atoms with Gasteiger partial charge in [-0.2, -0.15) is 0 Å². The Hall–Kier alpha value is -1.11. The summed E-state index contributed by atoms with van der Waals surface area (Å²) < 4.78 is 32.8. The summed E-state index contributed by atoms with van der Waals surface area (Å²) in [6.45, 7) is 2.45. The number of esters is 1. The molecule has 0 saturated heterocycles. The molecule has 0 amide bonds. The number of halogens is 1. The molecule has 0 saturated carbocycles. The number of carbonyl (C=O) groups is 1. The molecule has 0 bridgehead atoms. The summed E-state index contributed by atoms with van der Waals surface area (Å²) in [4.78, 5) is 11.7. The molecule has 5 nitrogen and oxygen atoms in total. The highest BCUT2D eigenvalue weighted by molar-refractivity contribution is 8.13. The SMILES string of the molecule is CCCCOC(=O)c1cc(COC)cc(S(=O)(=O)Cl)c1. The summed E-state index contributed by atoms with van der Waals surface area (Å²) in [5, 5.41) is 0. The summed E-state index contributed by atoms with van der Waals surface area (Å²) in [6, 6.07) is 4.10. The number of unbranched alkanes of at least 4 members (excludes halogenated alkanes) is 1. The third-order valence-electron chi connectivity index (χ3n) is 2.53. The largest absolute Gasteiger partial charge is 0.462 e. The lowest BCUT2D eigenvalue weighted by molar-refractivity contribution is 0.0499. The van der Waals surface area contributed by atoms with E-state index in [-0.39, 0.29) is 17.1 Å². The van der Waals surface area contributed by atoms with E-state index in [0.29, 0.717) is 12.2 Å². The first kappa shape index (κ1) is 16.9. The van der Waals surface area contributed by atoms with Gasteiger partial charge in [0.1, 0.15) is 0 Å². The van der Waals surface area contributed by atoms with Crippen LogP contribution in [0.15, 0.2) is 23.1 Å². The Kier molecular flexibility index (Phi) is 6.45. The maximum absolute atomic E-state index is 11.9.